The molecule has 32 heavy (non-hydrogen) atoms. The Morgan fingerprint density at radius 2 is 1.91 bits per heavy atom. The molecule has 1 N–H and O–H groups in total. The molecule has 0 bridgehead atoms. The molecule has 0 atom stereocenters. The van der Waals surface area contributed by atoms with E-state index in [1.54, 1.807) is 31.2 Å². The molecular weight excluding hydrogens is 422 g/mol. The summed E-state index contributed by atoms with van der Waals surface area (Å²) < 4.78 is 44.4. The van der Waals surface area contributed by atoms with Crippen LogP contribution in [-0.2, 0) is 7.05 Å². The fraction of sp³-hybridized carbons (Fsp3) is 0.190. The van der Waals surface area contributed by atoms with Crippen LogP contribution in [0.5, 0.6) is 17.2 Å². The number of fused-ring (bicyclic) bond motifs is 1. The molecule has 0 amide bonds. The number of imidazole rings is 1. The predicted molar refractivity (Wildman–Crippen MR) is 111 cm³/mol. The molecular formula is C21H18F2N6O3. The lowest BCUT2D eigenvalue weighted by atomic mass is 10.1. The van der Waals surface area contributed by atoms with E-state index < -0.39 is 6.29 Å². The zero-order valence-corrected chi connectivity index (χ0v) is 17.3. The lowest BCUT2D eigenvalue weighted by Crippen LogP contribution is -2.25. The zero-order chi connectivity index (χ0) is 22.5. The molecule has 0 unspecified atom stereocenters. The molecule has 2 aromatic carbocycles. The topological polar surface area (TPSA) is 88.3 Å². The summed E-state index contributed by atoms with van der Waals surface area (Å²) in [5, 5.41) is 7.50. The molecule has 0 saturated carbocycles. The SMILES string of the molecule is COc1cc(-c2nc(Nc3ccc4c(c3)OC(F)(F)O4)n(C)n2)ccc1-n1cnc(C)c1. The summed E-state index contributed by atoms with van der Waals surface area (Å²) in [6, 6.07) is 10.0. The van der Waals surface area contributed by atoms with Gasteiger partial charge in [-0.05, 0) is 37.3 Å². The number of nitrogens with zero attached hydrogens (tertiary/aromatic N) is 5. The van der Waals surface area contributed by atoms with E-state index in [-0.39, 0.29) is 11.5 Å². The Balaban J connectivity index is 1.42. The van der Waals surface area contributed by atoms with Crippen molar-refractivity contribution in [2.75, 3.05) is 12.4 Å². The van der Waals surface area contributed by atoms with Gasteiger partial charge in [-0.15, -0.1) is 13.9 Å². The van der Waals surface area contributed by atoms with E-state index >= 15 is 0 Å². The lowest BCUT2D eigenvalue weighted by molar-refractivity contribution is -0.286. The molecule has 0 aliphatic carbocycles. The quantitative estimate of drug-likeness (QED) is 0.501. The van der Waals surface area contributed by atoms with Gasteiger partial charge in [-0.2, -0.15) is 4.98 Å². The minimum atomic E-state index is -3.67. The number of benzene rings is 2. The van der Waals surface area contributed by atoms with Gasteiger partial charge in [-0.25, -0.2) is 9.67 Å². The van der Waals surface area contributed by atoms with Crippen molar-refractivity contribution in [1.82, 2.24) is 24.3 Å². The summed E-state index contributed by atoms with van der Waals surface area (Å²) in [4.78, 5) is 8.77. The van der Waals surface area contributed by atoms with Crippen LogP contribution in [0.15, 0.2) is 48.9 Å². The third-order valence-corrected chi connectivity index (χ3v) is 4.85. The second-order valence-corrected chi connectivity index (χ2v) is 7.15. The molecule has 0 radical (unpaired) electrons. The Morgan fingerprint density at radius 3 is 2.66 bits per heavy atom. The Morgan fingerprint density at radius 1 is 1.09 bits per heavy atom. The average molecular weight is 440 g/mol. The number of rotatable bonds is 5. The van der Waals surface area contributed by atoms with Crippen molar-refractivity contribution < 1.29 is 23.0 Å². The maximum absolute atomic E-state index is 13.2. The normalized spacial score (nSPS) is 13.9. The first-order valence-corrected chi connectivity index (χ1v) is 9.59. The van der Waals surface area contributed by atoms with Crippen LogP contribution in [0.2, 0.25) is 0 Å². The van der Waals surface area contributed by atoms with Crippen molar-refractivity contribution in [3.63, 3.8) is 0 Å². The minimum absolute atomic E-state index is 0.0283. The van der Waals surface area contributed by atoms with Crippen LogP contribution in [0, 0.1) is 6.92 Å². The van der Waals surface area contributed by atoms with Crippen molar-refractivity contribution in [2.45, 2.75) is 13.2 Å². The second-order valence-electron chi connectivity index (χ2n) is 7.15. The van der Waals surface area contributed by atoms with Gasteiger partial charge >= 0.3 is 6.29 Å². The highest BCUT2D eigenvalue weighted by atomic mass is 19.3. The van der Waals surface area contributed by atoms with Crippen LogP contribution < -0.4 is 19.5 Å². The number of alkyl halides is 2. The molecule has 5 rings (SSSR count). The van der Waals surface area contributed by atoms with E-state index in [1.165, 1.54) is 12.1 Å². The van der Waals surface area contributed by atoms with Gasteiger partial charge in [0.15, 0.2) is 17.3 Å². The number of hydrogen-bond donors (Lipinski definition) is 1. The minimum Gasteiger partial charge on any atom is -0.495 e. The fourth-order valence-electron chi connectivity index (χ4n) is 3.35. The molecule has 0 spiro atoms. The van der Waals surface area contributed by atoms with Crippen LogP contribution in [0.25, 0.3) is 17.1 Å². The maximum atomic E-state index is 13.2. The Kier molecular flexibility index (Phi) is 4.47. The number of halogens is 2. The molecule has 3 heterocycles. The molecule has 11 heteroatoms. The summed E-state index contributed by atoms with van der Waals surface area (Å²) in [6.07, 6.45) is -0.0471. The smallest absolute Gasteiger partial charge is 0.495 e. The number of nitrogens with one attached hydrogen (secondary N) is 1. The van der Waals surface area contributed by atoms with Gasteiger partial charge in [0.1, 0.15) is 5.75 Å². The molecule has 9 nitrogen and oxygen atoms in total. The highest BCUT2D eigenvalue weighted by Crippen LogP contribution is 2.42. The zero-order valence-electron chi connectivity index (χ0n) is 17.3. The van der Waals surface area contributed by atoms with E-state index in [2.05, 4.69) is 29.9 Å². The van der Waals surface area contributed by atoms with E-state index in [0.717, 1.165) is 16.9 Å². The Labute approximate surface area is 181 Å². The van der Waals surface area contributed by atoms with Gasteiger partial charge in [0.25, 0.3) is 0 Å². The van der Waals surface area contributed by atoms with Gasteiger partial charge in [-0.1, -0.05) is 0 Å². The summed E-state index contributed by atoms with van der Waals surface area (Å²) in [7, 11) is 3.31. The average Bonchev–Trinajstić information content (AvgIpc) is 3.43. The van der Waals surface area contributed by atoms with E-state index in [4.69, 9.17) is 4.74 Å². The van der Waals surface area contributed by atoms with Gasteiger partial charge in [0, 0.05) is 30.6 Å². The van der Waals surface area contributed by atoms with E-state index in [9.17, 15) is 8.78 Å². The lowest BCUT2D eigenvalue weighted by Gasteiger charge is -2.10. The number of hydrogen-bond acceptors (Lipinski definition) is 7. The van der Waals surface area contributed by atoms with E-state index in [0.29, 0.717) is 23.2 Å². The van der Waals surface area contributed by atoms with Gasteiger partial charge < -0.3 is 24.1 Å². The first-order chi connectivity index (χ1) is 15.3. The van der Waals surface area contributed by atoms with Gasteiger partial charge in [-0.3, -0.25) is 0 Å². The summed E-state index contributed by atoms with van der Waals surface area (Å²) in [5.74, 6) is 1.43. The third kappa shape index (κ3) is 3.57. The number of aryl methyl sites for hydroxylation is 2. The second kappa shape index (κ2) is 7.22. The monoisotopic (exact) mass is 440 g/mol. The predicted octanol–water partition coefficient (Wildman–Crippen LogP) is 4.05. The van der Waals surface area contributed by atoms with Crippen molar-refractivity contribution in [2.24, 2.45) is 7.05 Å². The Bertz CT molecular complexity index is 1320. The number of methoxy groups -OCH3 is 1. The van der Waals surface area contributed by atoms with E-state index in [1.807, 2.05) is 35.9 Å². The number of ether oxygens (including phenoxy) is 3. The molecule has 1 aliphatic rings. The van der Waals surface area contributed by atoms with Gasteiger partial charge in [0.05, 0.1) is 24.8 Å². The molecule has 0 fully saturated rings. The third-order valence-electron chi connectivity index (χ3n) is 4.85. The Hall–Kier alpha value is -4.15. The number of anilines is 2. The first kappa shape index (κ1) is 19.8. The summed E-state index contributed by atoms with van der Waals surface area (Å²) in [6.45, 7) is 1.91. The first-order valence-electron chi connectivity index (χ1n) is 9.59. The highest BCUT2D eigenvalue weighted by molar-refractivity contribution is 5.66. The van der Waals surface area contributed by atoms with Crippen molar-refractivity contribution in [1.29, 1.82) is 0 Å². The van der Waals surface area contributed by atoms with Crippen molar-refractivity contribution in [3.05, 3.63) is 54.6 Å². The van der Waals surface area contributed by atoms with Crippen LogP contribution in [-0.4, -0.2) is 37.7 Å². The molecule has 4 aromatic rings. The van der Waals surface area contributed by atoms with Crippen LogP contribution in [0.4, 0.5) is 20.4 Å². The van der Waals surface area contributed by atoms with Gasteiger partial charge in [0.2, 0.25) is 5.95 Å². The standard InChI is InChI=1S/C21H18F2N6O3/c1-12-10-29(11-24-12)15-6-4-13(8-17(15)30-3)19-26-20(28(2)27-19)25-14-5-7-16-18(9-14)32-21(22,23)31-16/h4-11H,1-3H3,(H,25,26,27). The molecule has 0 saturated heterocycles. The highest BCUT2D eigenvalue weighted by Gasteiger charge is 2.43. The molecule has 1 aliphatic heterocycles. The maximum Gasteiger partial charge on any atom is 0.586 e. The van der Waals surface area contributed by atoms with Crippen LogP contribution in [0.3, 0.4) is 0 Å². The van der Waals surface area contributed by atoms with Crippen LogP contribution in [0.1, 0.15) is 5.69 Å². The summed E-state index contributed by atoms with van der Waals surface area (Å²) in [5.41, 5.74) is 2.97. The molecule has 2 aromatic heterocycles. The van der Waals surface area contributed by atoms with Crippen molar-refractivity contribution >= 4 is 11.6 Å². The number of aromatic nitrogens is 5. The fourth-order valence-corrected chi connectivity index (χ4v) is 3.35. The largest absolute Gasteiger partial charge is 0.586 e. The summed E-state index contributed by atoms with van der Waals surface area (Å²) >= 11 is 0. The van der Waals surface area contributed by atoms with Crippen LogP contribution >= 0.6 is 0 Å². The molecule has 164 valence electrons. The van der Waals surface area contributed by atoms with Crippen molar-refractivity contribution in [3.8, 4) is 34.3 Å².